The third-order valence-corrected chi connectivity index (χ3v) is 5.52. The lowest BCUT2D eigenvalue weighted by Gasteiger charge is -2.33. The highest BCUT2D eigenvalue weighted by Crippen LogP contribution is 2.19. The maximum Gasteiger partial charge on any atom is 0.224 e. The number of nitrogens with zero attached hydrogens (tertiary/aromatic N) is 1. The van der Waals surface area contributed by atoms with Crippen molar-refractivity contribution in [3.05, 3.63) is 36.0 Å². The predicted molar refractivity (Wildman–Crippen MR) is 98.5 cm³/mol. The minimum atomic E-state index is 0.132. The molecule has 134 valence electrons. The number of carbonyl (C=O) groups excluding carboxylic acids is 1. The summed E-state index contributed by atoms with van der Waals surface area (Å²) in [4.78, 5) is 18.2. The Balaban J connectivity index is 1.25. The van der Waals surface area contributed by atoms with Gasteiger partial charge in [-0.15, -0.1) is 0 Å². The van der Waals surface area contributed by atoms with Crippen LogP contribution in [0, 0.1) is 5.92 Å². The summed E-state index contributed by atoms with van der Waals surface area (Å²) in [5, 5.41) is 4.38. The number of hydrogen-bond donors (Lipinski definition) is 2. The van der Waals surface area contributed by atoms with E-state index in [2.05, 4.69) is 21.3 Å². The number of H-pyrrole nitrogens is 1. The fourth-order valence-corrected chi connectivity index (χ4v) is 4.08. The lowest BCUT2D eigenvalue weighted by atomic mass is 10.0. The van der Waals surface area contributed by atoms with E-state index in [9.17, 15) is 4.79 Å². The minimum Gasteiger partial charge on any atom is -0.381 e. The third-order valence-electron chi connectivity index (χ3n) is 5.52. The maximum absolute atomic E-state index is 12.4. The van der Waals surface area contributed by atoms with Gasteiger partial charge in [0.1, 0.15) is 0 Å². The molecule has 1 amide bonds. The predicted octanol–water partition coefficient (Wildman–Crippen LogP) is 2.33. The van der Waals surface area contributed by atoms with E-state index in [0.717, 1.165) is 62.2 Å². The van der Waals surface area contributed by atoms with Crippen LogP contribution < -0.4 is 5.32 Å². The van der Waals surface area contributed by atoms with Gasteiger partial charge >= 0.3 is 0 Å². The molecule has 2 aliphatic heterocycles. The van der Waals surface area contributed by atoms with E-state index in [1.807, 2.05) is 24.4 Å². The second-order valence-corrected chi connectivity index (χ2v) is 7.41. The highest BCUT2D eigenvalue weighted by atomic mass is 16.5. The maximum atomic E-state index is 12.4. The summed E-state index contributed by atoms with van der Waals surface area (Å²) in [5.41, 5.74) is 2.17. The van der Waals surface area contributed by atoms with E-state index in [0.29, 0.717) is 18.4 Å². The second-order valence-electron chi connectivity index (χ2n) is 7.41. The molecule has 2 saturated heterocycles. The number of benzene rings is 1. The summed E-state index contributed by atoms with van der Waals surface area (Å²) in [5.74, 6) is 0.834. The third kappa shape index (κ3) is 4.05. The lowest BCUT2D eigenvalue weighted by molar-refractivity contribution is -0.121. The Morgan fingerprint density at radius 3 is 2.88 bits per heavy atom. The average Bonchev–Trinajstić information content (AvgIpc) is 3.27. The molecule has 0 radical (unpaired) electrons. The molecule has 0 aliphatic carbocycles. The summed E-state index contributed by atoms with van der Waals surface area (Å²) in [6.45, 7) is 5.14. The molecule has 25 heavy (non-hydrogen) atoms. The molecule has 2 aliphatic rings. The van der Waals surface area contributed by atoms with Gasteiger partial charge in [-0.2, -0.15) is 0 Å². The zero-order valence-corrected chi connectivity index (χ0v) is 14.7. The number of ether oxygens (including phenoxy) is 1. The van der Waals surface area contributed by atoms with Gasteiger partial charge in [0.15, 0.2) is 0 Å². The molecule has 3 heterocycles. The molecule has 5 nitrogen and oxygen atoms in total. The number of amides is 1. The van der Waals surface area contributed by atoms with Crippen LogP contribution >= 0.6 is 0 Å². The minimum absolute atomic E-state index is 0.132. The number of rotatable bonds is 5. The van der Waals surface area contributed by atoms with Gasteiger partial charge < -0.3 is 19.9 Å². The van der Waals surface area contributed by atoms with Crippen molar-refractivity contribution in [2.45, 2.75) is 31.7 Å². The normalized spacial score (nSPS) is 22.5. The Kier molecular flexibility index (Phi) is 5.04. The first kappa shape index (κ1) is 16.6. The first-order valence-corrected chi connectivity index (χ1v) is 9.42. The van der Waals surface area contributed by atoms with Crippen molar-refractivity contribution in [3.8, 4) is 0 Å². The van der Waals surface area contributed by atoms with Crippen LogP contribution in [0.2, 0.25) is 0 Å². The van der Waals surface area contributed by atoms with Gasteiger partial charge in [-0.05, 0) is 36.8 Å². The molecule has 0 bridgehead atoms. The van der Waals surface area contributed by atoms with Gasteiger partial charge in [-0.1, -0.05) is 18.2 Å². The quantitative estimate of drug-likeness (QED) is 0.878. The van der Waals surface area contributed by atoms with Crippen LogP contribution in [0.15, 0.2) is 30.5 Å². The molecule has 2 aromatic rings. The van der Waals surface area contributed by atoms with Gasteiger partial charge in [0.05, 0.1) is 13.0 Å². The van der Waals surface area contributed by atoms with Crippen molar-refractivity contribution >= 4 is 16.8 Å². The van der Waals surface area contributed by atoms with E-state index in [1.54, 1.807) is 0 Å². The molecule has 1 aromatic heterocycles. The lowest BCUT2D eigenvalue weighted by Crippen LogP contribution is -2.46. The number of piperidine rings is 1. The number of likely N-dealkylation sites (tertiary alicyclic amines) is 1. The van der Waals surface area contributed by atoms with Crippen LogP contribution in [0.25, 0.3) is 10.9 Å². The zero-order chi connectivity index (χ0) is 17.1. The summed E-state index contributed by atoms with van der Waals surface area (Å²) in [7, 11) is 0. The molecule has 2 fully saturated rings. The van der Waals surface area contributed by atoms with Crippen molar-refractivity contribution in [2.75, 3.05) is 32.8 Å². The van der Waals surface area contributed by atoms with Crippen LogP contribution in [0.3, 0.4) is 0 Å². The molecule has 2 N–H and O–H groups in total. The molecule has 4 rings (SSSR count). The van der Waals surface area contributed by atoms with E-state index in [4.69, 9.17) is 4.74 Å². The molecule has 1 aromatic carbocycles. The number of hydrogen-bond acceptors (Lipinski definition) is 3. The van der Waals surface area contributed by atoms with E-state index in [-0.39, 0.29) is 5.91 Å². The number of fused-ring (bicyclic) bond motifs is 1. The molecular weight excluding hydrogens is 314 g/mol. The molecular formula is C20H27N3O2. The topological polar surface area (TPSA) is 57.4 Å². The number of aromatic nitrogens is 1. The van der Waals surface area contributed by atoms with Gasteiger partial charge in [0.2, 0.25) is 5.91 Å². The number of nitrogens with one attached hydrogen (secondary N) is 2. The summed E-state index contributed by atoms with van der Waals surface area (Å²) in [6, 6.07) is 8.45. The Morgan fingerprint density at radius 2 is 2.08 bits per heavy atom. The summed E-state index contributed by atoms with van der Waals surface area (Å²) < 4.78 is 5.47. The highest BCUT2D eigenvalue weighted by molar-refractivity contribution is 5.88. The van der Waals surface area contributed by atoms with Gasteiger partial charge in [-0.3, -0.25) is 4.79 Å². The monoisotopic (exact) mass is 341 g/mol. The number of carbonyl (C=O) groups is 1. The first-order valence-electron chi connectivity index (χ1n) is 9.42. The van der Waals surface area contributed by atoms with Crippen LogP contribution in [-0.2, 0) is 16.0 Å². The van der Waals surface area contributed by atoms with Gasteiger partial charge in [-0.25, -0.2) is 0 Å². The largest absolute Gasteiger partial charge is 0.381 e. The fraction of sp³-hybridized carbons (Fsp3) is 0.550. The zero-order valence-electron chi connectivity index (χ0n) is 14.7. The highest BCUT2D eigenvalue weighted by Gasteiger charge is 2.24. The summed E-state index contributed by atoms with van der Waals surface area (Å²) >= 11 is 0. The first-order chi connectivity index (χ1) is 12.3. The van der Waals surface area contributed by atoms with Crippen molar-refractivity contribution in [1.82, 2.24) is 15.2 Å². The van der Waals surface area contributed by atoms with Crippen LogP contribution in [0.5, 0.6) is 0 Å². The van der Waals surface area contributed by atoms with Crippen molar-refractivity contribution in [1.29, 1.82) is 0 Å². The molecule has 0 spiro atoms. The Labute approximate surface area is 148 Å². The van der Waals surface area contributed by atoms with Crippen molar-refractivity contribution in [2.24, 2.45) is 5.92 Å². The standard InChI is InChI=1S/C20H27N3O2/c24-20(11-16-12-21-19-4-2-1-3-18(16)19)22-17-5-8-23(9-6-17)13-15-7-10-25-14-15/h1-4,12,15,17,21H,5-11,13-14H2,(H,22,24). The molecule has 1 unspecified atom stereocenters. The molecule has 1 atom stereocenters. The fourth-order valence-electron chi connectivity index (χ4n) is 4.08. The molecule has 0 saturated carbocycles. The average molecular weight is 341 g/mol. The Hall–Kier alpha value is -1.85. The van der Waals surface area contributed by atoms with E-state index in [1.165, 1.54) is 6.42 Å². The van der Waals surface area contributed by atoms with Gasteiger partial charge in [0.25, 0.3) is 0 Å². The number of aromatic amines is 1. The second kappa shape index (κ2) is 7.58. The van der Waals surface area contributed by atoms with Crippen molar-refractivity contribution < 1.29 is 9.53 Å². The van der Waals surface area contributed by atoms with E-state index >= 15 is 0 Å². The summed E-state index contributed by atoms with van der Waals surface area (Å²) in [6.07, 6.45) is 5.70. The molecule has 5 heteroatoms. The smallest absolute Gasteiger partial charge is 0.224 e. The van der Waals surface area contributed by atoms with Crippen LogP contribution in [0.1, 0.15) is 24.8 Å². The number of para-hydroxylation sites is 1. The van der Waals surface area contributed by atoms with Crippen LogP contribution in [-0.4, -0.2) is 54.7 Å². The van der Waals surface area contributed by atoms with Crippen LogP contribution in [0.4, 0.5) is 0 Å². The SMILES string of the molecule is O=C(Cc1c[nH]c2ccccc12)NC1CCN(CC2CCOC2)CC1. The Morgan fingerprint density at radius 1 is 1.24 bits per heavy atom. The van der Waals surface area contributed by atoms with Crippen molar-refractivity contribution in [3.63, 3.8) is 0 Å². The van der Waals surface area contributed by atoms with Gasteiger partial charge in [0, 0.05) is 49.4 Å². The van der Waals surface area contributed by atoms with E-state index < -0.39 is 0 Å². The Bertz CT molecular complexity index is 713.